The number of rotatable bonds is 20. The van der Waals surface area contributed by atoms with Crippen LogP contribution in [0, 0.1) is 0 Å². The molecule has 2 aliphatic rings. The fraction of sp³-hybridized carbons (Fsp3) is 0.486. The molecule has 6 atom stereocenters. The number of aliphatic imine (C=N–C) groups is 2. The number of alkyl halides is 2. The molecule has 2 aromatic carbocycles. The van der Waals surface area contributed by atoms with Crippen molar-refractivity contribution >= 4 is 64.3 Å². The van der Waals surface area contributed by atoms with Gasteiger partial charge in [-0.3, -0.25) is 34.0 Å². The summed E-state index contributed by atoms with van der Waals surface area (Å²) in [6.07, 6.45) is 3.06. The molecule has 2 unspecified atom stereocenters. The predicted molar refractivity (Wildman–Crippen MR) is 209 cm³/mol. The second-order valence-corrected chi connectivity index (χ2v) is 14.6. The first kappa shape index (κ1) is 42.2. The second kappa shape index (κ2) is 19.7. The summed E-state index contributed by atoms with van der Waals surface area (Å²) >= 11 is 14.8. The quantitative estimate of drug-likeness (QED) is 0.0302. The van der Waals surface area contributed by atoms with Crippen molar-refractivity contribution in [3.8, 4) is 0 Å². The van der Waals surface area contributed by atoms with Crippen molar-refractivity contribution in [1.29, 1.82) is 0 Å². The number of nitrogens with zero attached hydrogens (tertiary/aromatic N) is 2. The van der Waals surface area contributed by atoms with Crippen LogP contribution in [-0.2, 0) is 33.7 Å². The highest BCUT2D eigenvalue weighted by Crippen LogP contribution is 2.45. The number of carbonyl (C=O) groups excluding carboxylic acids is 5. The van der Waals surface area contributed by atoms with Crippen molar-refractivity contribution in [2.75, 3.05) is 26.2 Å². The molecule has 0 spiro atoms. The summed E-state index contributed by atoms with van der Waals surface area (Å²) in [6, 6.07) is 11.8. The summed E-state index contributed by atoms with van der Waals surface area (Å²) in [7, 11) is 0. The second-order valence-electron chi connectivity index (χ2n) is 13.4. The van der Waals surface area contributed by atoms with Crippen LogP contribution in [-0.4, -0.2) is 91.4 Å². The number of halogens is 2. The summed E-state index contributed by atoms with van der Waals surface area (Å²) in [5, 5.41) is 11.8. The third-order valence-corrected chi connectivity index (χ3v) is 10.7. The van der Waals surface area contributed by atoms with E-state index in [0.29, 0.717) is 25.9 Å². The lowest BCUT2D eigenvalue weighted by molar-refractivity contribution is -0.140. The molecule has 0 radical (unpaired) electrons. The Labute approximate surface area is 324 Å². The van der Waals surface area contributed by atoms with Gasteiger partial charge in [-0.25, -0.2) is 0 Å². The van der Waals surface area contributed by atoms with Crippen molar-refractivity contribution in [2.45, 2.75) is 85.3 Å². The highest BCUT2D eigenvalue weighted by atomic mass is 35.5. The molecule has 2 amide bonds. The first-order valence-corrected chi connectivity index (χ1v) is 18.9. The lowest BCUT2D eigenvalue weighted by atomic mass is 9.74. The fourth-order valence-corrected chi connectivity index (χ4v) is 7.58. The molecule has 2 aromatic rings. The maximum Gasteiger partial charge on any atom is 0.237 e. The van der Waals surface area contributed by atoms with Gasteiger partial charge in [0.2, 0.25) is 11.8 Å². The smallest absolute Gasteiger partial charge is 0.237 e. The van der Waals surface area contributed by atoms with Crippen LogP contribution in [0.2, 0.25) is 0 Å². The lowest BCUT2D eigenvalue weighted by Crippen LogP contribution is -2.61. The van der Waals surface area contributed by atoms with Crippen molar-refractivity contribution in [3.05, 3.63) is 71.8 Å². The Morgan fingerprint density at radius 2 is 1.04 bits per heavy atom. The summed E-state index contributed by atoms with van der Waals surface area (Å²) in [6.45, 7) is 1.49. The molecule has 0 aromatic heterocycles. The van der Waals surface area contributed by atoms with E-state index in [1.54, 1.807) is 36.4 Å². The van der Waals surface area contributed by atoms with Gasteiger partial charge in [0, 0.05) is 13.1 Å². The number of guanidine groups is 2. The number of hydrogen-bond donors (Lipinski definition) is 8. The largest absolute Gasteiger partial charge is 0.370 e. The molecule has 15 nitrogen and oxygen atoms in total. The standard InChI is InChI=1S/C37H50Cl2N10O5/c38-36(23-11-3-1-4-12-23,29(50)25(15-7-21-46-34(40)41)48-31(52)27-17-9-19-44-27)33(54)37(39,24-13-5-2-6-14-24)30(51)26(16-8-22-47-35(42)43)49-32(53)28-18-10-20-45-28/h1-6,11-14,25-28,44-45H,7-10,15-22H2,(H,48,52)(H,49,53)(H4,40,41,46)(H4,42,43,47)/t25-,26-,27-,28-,36?,37?/m0/s1. The SMILES string of the molecule is NC(N)=NCCC[C@H](NC(=O)[C@@H]1CCCN1)C(=O)C(Cl)(C(=O)C(Cl)(C(=O)[C@H](CCCN=C(N)N)NC(=O)[C@@H]1CCCN1)c1ccccc1)c1ccccc1. The Balaban J connectivity index is 1.83. The third kappa shape index (κ3) is 10.3. The molecule has 2 aliphatic heterocycles. The Bertz CT molecular complexity index is 1560. The summed E-state index contributed by atoms with van der Waals surface area (Å²) in [4.78, 5) is 75.1. The topological polar surface area (TPSA) is 262 Å². The minimum Gasteiger partial charge on any atom is -0.370 e. The molecular formula is C37H50Cl2N10O5. The molecule has 2 fully saturated rings. The van der Waals surface area contributed by atoms with Crippen LogP contribution in [0.1, 0.15) is 62.5 Å². The van der Waals surface area contributed by atoms with Gasteiger partial charge in [0.25, 0.3) is 0 Å². The Morgan fingerprint density at radius 3 is 1.35 bits per heavy atom. The van der Waals surface area contributed by atoms with E-state index in [1.807, 2.05) is 0 Å². The maximum atomic E-state index is 15.4. The zero-order chi connectivity index (χ0) is 39.3. The van der Waals surface area contributed by atoms with E-state index in [4.69, 9.17) is 46.1 Å². The number of benzene rings is 2. The minimum atomic E-state index is -2.62. The van der Waals surface area contributed by atoms with Gasteiger partial charge in [-0.1, -0.05) is 83.9 Å². The Kier molecular flexibility index (Phi) is 15.4. The number of hydrogen-bond acceptors (Lipinski definition) is 9. The van der Waals surface area contributed by atoms with E-state index in [-0.39, 0.29) is 61.8 Å². The third-order valence-electron chi connectivity index (χ3n) is 9.56. The molecule has 12 N–H and O–H groups in total. The monoisotopic (exact) mass is 784 g/mol. The van der Waals surface area contributed by atoms with E-state index >= 15 is 14.4 Å². The van der Waals surface area contributed by atoms with Gasteiger partial charge in [-0.2, -0.15) is 0 Å². The highest BCUT2D eigenvalue weighted by Gasteiger charge is 2.60. The predicted octanol–water partition coefficient (Wildman–Crippen LogP) is 0.543. The molecule has 54 heavy (non-hydrogen) atoms. The van der Waals surface area contributed by atoms with Gasteiger partial charge in [-0.05, 0) is 75.6 Å². The number of nitrogens with two attached hydrogens (primary N) is 4. The molecular weight excluding hydrogens is 735 g/mol. The molecule has 2 heterocycles. The number of ketones is 3. The van der Waals surface area contributed by atoms with Crippen LogP contribution in [0.3, 0.4) is 0 Å². The van der Waals surface area contributed by atoms with Crippen molar-refractivity contribution in [1.82, 2.24) is 21.3 Å². The number of carbonyl (C=O) groups is 5. The van der Waals surface area contributed by atoms with Crippen LogP contribution in [0.15, 0.2) is 70.6 Å². The fourth-order valence-electron chi connectivity index (χ4n) is 6.73. The van der Waals surface area contributed by atoms with Gasteiger partial charge in [-0.15, -0.1) is 0 Å². The summed E-state index contributed by atoms with van der Waals surface area (Å²) in [5.41, 5.74) is 22.1. The molecule has 0 aliphatic carbocycles. The van der Waals surface area contributed by atoms with Crippen LogP contribution >= 0.6 is 23.2 Å². The van der Waals surface area contributed by atoms with Crippen LogP contribution in [0.4, 0.5) is 0 Å². The number of Topliss-reactive ketones (excluding diaryl/α,β-unsaturated/α-hetero) is 3. The molecule has 0 bridgehead atoms. The van der Waals surface area contributed by atoms with Crippen LogP contribution in [0.25, 0.3) is 0 Å². The number of nitrogens with one attached hydrogen (secondary N) is 4. The highest BCUT2D eigenvalue weighted by molar-refractivity contribution is 6.57. The maximum absolute atomic E-state index is 15.4. The normalized spacial score (nSPS) is 20.0. The van der Waals surface area contributed by atoms with E-state index in [9.17, 15) is 9.59 Å². The first-order valence-electron chi connectivity index (χ1n) is 18.1. The van der Waals surface area contributed by atoms with Gasteiger partial charge in [0.1, 0.15) is 0 Å². The van der Waals surface area contributed by atoms with E-state index in [1.165, 1.54) is 24.3 Å². The van der Waals surface area contributed by atoms with Crippen molar-refractivity contribution in [3.63, 3.8) is 0 Å². The average Bonchev–Trinajstić information content (AvgIpc) is 3.92. The van der Waals surface area contributed by atoms with Crippen molar-refractivity contribution < 1.29 is 24.0 Å². The number of amides is 2. The molecule has 292 valence electrons. The first-order chi connectivity index (χ1) is 25.8. The lowest BCUT2D eigenvalue weighted by Gasteiger charge is -2.37. The summed E-state index contributed by atoms with van der Waals surface area (Å²) < 4.78 is 0. The van der Waals surface area contributed by atoms with Crippen LogP contribution < -0.4 is 44.2 Å². The van der Waals surface area contributed by atoms with Crippen LogP contribution in [0.5, 0.6) is 0 Å². The minimum absolute atomic E-state index is 0.00487. The summed E-state index contributed by atoms with van der Waals surface area (Å²) in [5.74, 6) is -4.20. The molecule has 0 saturated carbocycles. The van der Waals surface area contributed by atoms with Crippen molar-refractivity contribution in [2.24, 2.45) is 32.9 Å². The van der Waals surface area contributed by atoms with Gasteiger partial charge in [0.15, 0.2) is 39.0 Å². The zero-order valence-electron chi connectivity index (χ0n) is 30.1. The van der Waals surface area contributed by atoms with E-state index < -0.39 is 63.1 Å². The Hall–Kier alpha value is -4.57. The molecule has 4 rings (SSSR count). The average molecular weight is 786 g/mol. The van der Waals surface area contributed by atoms with Gasteiger partial charge < -0.3 is 44.2 Å². The Morgan fingerprint density at radius 1 is 0.667 bits per heavy atom. The zero-order valence-corrected chi connectivity index (χ0v) is 31.6. The molecule has 17 heteroatoms. The van der Waals surface area contributed by atoms with E-state index in [2.05, 4.69) is 31.3 Å². The van der Waals surface area contributed by atoms with Gasteiger partial charge >= 0.3 is 0 Å². The molecule has 2 saturated heterocycles. The van der Waals surface area contributed by atoms with E-state index in [0.717, 1.165) is 12.8 Å². The van der Waals surface area contributed by atoms with Gasteiger partial charge in [0.05, 0.1) is 24.2 Å².